The minimum Gasteiger partial charge on any atom is -0.507 e. The Morgan fingerprint density at radius 1 is 1.24 bits per heavy atom. The largest absolute Gasteiger partial charge is 0.507 e. The molecule has 21 heavy (non-hydrogen) atoms. The third-order valence-electron chi connectivity index (χ3n) is 3.13. The lowest BCUT2D eigenvalue weighted by atomic mass is 10.1. The summed E-state index contributed by atoms with van der Waals surface area (Å²) in [6.07, 6.45) is 0.697. The number of benzene rings is 2. The average molecular weight is 286 g/mol. The molecule has 4 N–H and O–H groups in total. The van der Waals surface area contributed by atoms with Crippen molar-refractivity contribution in [2.45, 2.75) is 6.42 Å². The summed E-state index contributed by atoms with van der Waals surface area (Å²) in [6, 6.07) is 12.1. The monoisotopic (exact) mass is 286 g/mol. The second-order valence-corrected chi connectivity index (χ2v) is 4.63. The number of phenolic OH excluding ortho intramolecular Hbond substituents is 1. The summed E-state index contributed by atoms with van der Waals surface area (Å²) >= 11 is 0. The first-order chi connectivity index (χ1) is 10.1. The number of hydrogen-bond donors (Lipinski definition) is 3. The Bertz CT molecular complexity index is 624. The van der Waals surface area contributed by atoms with Gasteiger partial charge in [0.1, 0.15) is 11.5 Å². The number of phenols is 1. The highest BCUT2D eigenvalue weighted by atomic mass is 16.5. The molecule has 0 aliphatic heterocycles. The van der Waals surface area contributed by atoms with Crippen molar-refractivity contribution in [3.05, 3.63) is 53.6 Å². The smallest absolute Gasteiger partial charge is 0.255 e. The summed E-state index contributed by atoms with van der Waals surface area (Å²) in [6.45, 7) is 0.480. The maximum Gasteiger partial charge on any atom is 0.255 e. The molecule has 5 nitrogen and oxygen atoms in total. The maximum absolute atomic E-state index is 12.0. The highest BCUT2D eigenvalue weighted by molar-refractivity contribution is 5.97. The van der Waals surface area contributed by atoms with Gasteiger partial charge in [0.25, 0.3) is 5.91 Å². The number of ether oxygens (including phenoxy) is 1. The van der Waals surface area contributed by atoms with Crippen molar-refractivity contribution in [1.29, 1.82) is 0 Å². The molecule has 2 rings (SSSR count). The molecule has 1 amide bonds. The molecule has 0 unspecified atom stereocenters. The quantitative estimate of drug-likeness (QED) is 0.733. The first-order valence-electron chi connectivity index (χ1n) is 6.60. The van der Waals surface area contributed by atoms with Crippen LogP contribution in [-0.2, 0) is 6.42 Å². The Morgan fingerprint density at radius 2 is 1.95 bits per heavy atom. The fourth-order valence-electron chi connectivity index (χ4n) is 1.93. The summed E-state index contributed by atoms with van der Waals surface area (Å²) in [5.74, 6) is 0.0934. The number of methoxy groups -OCH3 is 1. The molecule has 0 spiro atoms. The van der Waals surface area contributed by atoms with Crippen LogP contribution < -0.4 is 15.8 Å². The normalized spacial score (nSPS) is 10.1. The van der Waals surface area contributed by atoms with Crippen LogP contribution in [0.1, 0.15) is 15.9 Å². The zero-order valence-corrected chi connectivity index (χ0v) is 11.8. The first-order valence-corrected chi connectivity index (χ1v) is 6.60. The van der Waals surface area contributed by atoms with E-state index >= 15 is 0 Å². The number of carbonyl (C=O) groups excluding carboxylic acids is 1. The minimum absolute atomic E-state index is 0.0978. The van der Waals surface area contributed by atoms with Gasteiger partial charge in [-0.2, -0.15) is 0 Å². The van der Waals surface area contributed by atoms with Crippen LogP contribution >= 0.6 is 0 Å². The number of anilines is 1. The molecule has 0 fully saturated rings. The Hall–Kier alpha value is -2.69. The van der Waals surface area contributed by atoms with Crippen molar-refractivity contribution in [3.8, 4) is 11.5 Å². The van der Waals surface area contributed by atoms with E-state index in [0.717, 1.165) is 5.56 Å². The molecule has 0 bridgehead atoms. The highest BCUT2D eigenvalue weighted by Crippen LogP contribution is 2.23. The number of nitrogen functional groups attached to an aromatic ring is 1. The fourth-order valence-corrected chi connectivity index (χ4v) is 1.93. The van der Waals surface area contributed by atoms with Gasteiger partial charge in [-0.05, 0) is 36.2 Å². The van der Waals surface area contributed by atoms with Gasteiger partial charge in [-0.1, -0.05) is 12.1 Å². The van der Waals surface area contributed by atoms with Crippen molar-refractivity contribution in [1.82, 2.24) is 5.32 Å². The number of hydrogen-bond acceptors (Lipinski definition) is 4. The lowest BCUT2D eigenvalue weighted by Crippen LogP contribution is -2.25. The molecule has 0 aromatic heterocycles. The van der Waals surface area contributed by atoms with Gasteiger partial charge in [0.05, 0.1) is 12.7 Å². The molecule has 0 atom stereocenters. The van der Waals surface area contributed by atoms with E-state index in [9.17, 15) is 9.90 Å². The number of aromatic hydroxyl groups is 1. The topological polar surface area (TPSA) is 84.6 Å². The van der Waals surface area contributed by atoms with E-state index in [1.54, 1.807) is 6.07 Å². The van der Waals surface area contributed by atoms with Gasteiger partial charge in [-0.15, -0.1) is 0 Å². The van der Waals surface area contributed by atoms with E-state index in [0.29, 0.717) is 24.4 Å². The van der Waals surface area contributed by atoms with E-state index in [-0.39, 0.29) is 17.2 Å². The number of nitrogens with one attached hydrogen (secondary N) is 1. The summed E-state index contributed by atoms with van der Waals surface area (Å²) < 4.78 is 4.98. The zero-order chi connectivity index (χ0) is 15.2. The predicted octanol–water partition coefficient (Wildman–Crippen LogP) is 1.96. The molecule has 110 valence electrons. The lowest BCUT2D eigenvalue weighted by molar-refractivity contribution is 0.0951. The molecular weight excluding hydrogens is 268 g/mol. The molecule has 2 aromatic rings. The van der Waals surface area contributed by atoms with Gasteiger partial charge in [0.15, 0.2) is 0 Å². The zero-order valence-electron chi connectivity index (χ0n) is 11.8. The van der Waals surface area contributed by atoms with Crippen molar-refractivity contribution in [3.63, 3.8) is 0 Å². The molecule has 0 saturated carbocycles. The van der Waals surface area contributed by atoms with Crippen molar-refractivity contribution in [2.24, 2.45) is 0 Å². The Labute approximate surface area is 123 Å². The molecule has 0 heterocycles. The first kappa shape index (κ1) is 14.7. The summed E-state index contributed by atoms with van der Waals surface area (Å²) in [5.41, 5.74) is 7.64. The molecule has 2 aromatic carbocycles. The maximum atomic E-state index is 12.0. The third-order valence-corrected chi connectivity index (χ3v) is 3.13. The Morgan fingerprint density at radius 3 is 2.57 bits per heavy atom. The summed E-state index contributed by atoms with van der Waals surface area (Å²) in [7, 11) is 1.50. The number of rotatable bonds is 5. The number of carbonyl (C=O) groups is 1. The minimum atomic E-state index is -0.314. The van der Waals surface area contributed by atoms with Crippen LogP contribution in [0, 0.1) is 0 Å². The molecule has 0 aliphatic carbocycles. The molecular formula is C16H18N2O3. The molecule has 0 aliphatic rings. The van der Waals surface area contributed by atoms with Crippen molar-refractivity contribution in [2.75, 3.05) is 19.4 Å². The Balaban J connectivity index is 1.91. The summed E-state index contributed by atoms with van der Waals surface area (Å²) in [4.78, 5) is 12.0. The highest BCUT2D eigenvalue weighted by Gasteiger charge is 2.11. The van der Waals surface area contributed by atoms with E-state index in [4.69, 9.17) is 10.5 Å². The third kappa shape index (κ3) is 3.89. The Kier molecular flexibility index (Phi) is 4.66. The van der Waals surface area contributed by atoms with Crippen LogP contribution in [0.15, 0.2) is 42.5 Å². The van der Waals surface area contributed by atoms with Gasteiger partial charge < -0.3 is 20.9 Å². The van der Waals surface area contributed by atoms with Crippen LogP contribution in [0.3, 0.4) is 0 Å². The van der Waals surface area contributed by atoms with Crippen molar-refractivity contribution >= 4 is 11.6 Å². The van der Waals surface area contributed by atoms with Crippen LogP contribution in [0.25, 0.3) is 0 Å². The van der Waals surface area contributed by atoms with E-state index in [2.05, 4.69) is 5.32 Å². The fraction of sp³-hybridized carbons (Fsp3) is 0.188. The van der Waals surface area contributed by atoms with Gasteiger partial charge in [0.2, 0.25) is 0 Å². The van der Waals surface area contributed by atoms with E-state index < -0.39 is 0 Å². The summed E-state index contributed by atoms with van der Waals surface area (Å²) in [5, 5.41) is 12.6. The lowest BCUT2D eigenvalue weighted by Gasteiger charge is -2.08. The second-order valence-electron chi connectivity index (χ2n) is 4.63. The standard InChI is InChI=1S/C16H18N2O3/c1-21-13-6-7-14(15(19)10-13)16(20)18-9-8-11-2-4-12(17)5-3-11/h2-7,10,19H,8-9,17H2,1H3,(H,18,20). The average Bonchev–Trinajstić information content (AvgIpc) is 2.49. The van der Waals surface area contributed by atoms with Crippen LogP contribution in [0.2, 0.25) is 0 Å². The second kappa shape index (κ2) is 6.65. The SMILES string of the molecule is COc1ccc(C(=O)NCCc2ccc(N)cc2)c(O)c1. The van der Waals surface area contributed by atoms with Gasteiger partial charge >= 0.3 is 0 Å². The van der Waals surface area contributed by atoms with E-state index in [1.165, 1.54) is 19.2 Å². The van der Waals surface area contributed by atoms with Crippen molar-refractivity contribution < 1.29 is 14.6 Å². The van der Waals surface area contributed by atoms with Crippen LogP contribution in [-0.4, -0.2) is 24.7 Å². The predicted molar refractivity (Wildman–Crippen MR) is 81.6 cm³/mol. The number of nitrogens with two attached hydrogens (primary N) is 1. The number of amides is 1. The van der Waals surface area contributed by atoms with Crippen LogP contribution in [0.4, 0.5) is 5.69 Å². The van der Waals surface area contributed by atoms with Gasteiger partial charge in [-0.3, -0.25) is 4.79 Å². The van der Waals surface area contributed by atoms with Gasteiger partial charge in [-0.25, -0.2) is 0 Å². The van der Waals surface area contributed by atoms with E-state index in [1.807, 2.05) is 24.3 Å². The molecule has 0 radical (unpaired) electrons. The molecule has 5 heteroatoms. The van der Waals surface area contributed by atoms with Crippen LogP contribution in [0.5, 0.6) is 11.5 Å². The molecule has 0 saturated heterocycles. The van der Waals surface area contributed by atoms with Gasteiger partial charge in [0, 0.05) is 18.3 Å².